The predicted molar refractivity (Wildman–Crippen MR) is 112 cm³/mol. The molecular weight excluding hydrogens is 350 g/mol. The number of H-pyrrole nitrogens is 1. The van der Waals surface area contributed by atoms with E-state index in [1.54, 1.807) is 6.07 Å². The molecule has 0 radical (unpaired) electrons. The number of para-hydroxylation sites is 2. The van der Waals surface area contributed by atoms with Crippen LogP contribution >= 0.6 is 0 Å². The van der Waals surface area contributed by atoms with E-state index in [1.165, 1.54) is 12.1 Å². The summed E-state index contributed by atoms with van der Waals surface area (Å²) in [5, 5.41) is 1.68. The molecule has 0 bridgehead atoms. The van der Waals surface area contributed by atoms with Gasteiger partial charge in [-0.1, -0.05) is 60.7 Å². The van der Waals surface area contributed by atoms with Crippen LogP contribution in [0.2, 0.25) is 0 Å². The number of benzene rings is 3. The maximum atomic E-state index is 11.9. The van der Waals surface area contributed by atoms with Gasteiger partial charge in [0.25, 0.3) is 0 Å². The first kappa shape index (κ1) is 17.5. The standard InChI is InChI=1S/C15H10O2.C9H7NO/c16-13-10-15(11-6-2-1-3-7-11)17-14-9-5-4-8-12(13)14;11-9-6-5-7-3-1-2-4-8(7)10-9/h1-10H;1-6H,(H,10,11). The zero-order chi connectivity index (χ0) is 19.3. The first-order valence-electron chi connectivity index (χ1n) is 8.87. The smallest absolute Gasteiger partial charge is 0.248 e. The van der Waals surface area contributed by atoms with E-state index < -0.39 is 0 Å². The van der Waals surface area contributed by atoms with Crippen molar-refractivity contribution in [2.24, 2.45) is 0 Å². The van der Waals surface area contributed by atoms with Crippen LogP contribution in [0.3, 0.4) is 0 Å². The van der Waals surface area contributed by atoms with Crippen LogP contribution in [0.5, 0.6) is 0 Å². The Morgan fingerprint density at radius 2 is 1.39 bits per heavy atom. The van der Waals surface area contributed by atoms with Gasteiger partial charge in [-0.25, -0.2) is 0 Å². The third kappa shape index (κ3) is 3.76. The van der Waals surface area contributed by atoms with E-state index in [4.69, 9.17) is 4.42 Å². The van der Waals surface area contributed by atoms with Crippen molar-refractivity contribution in [2.45, 2.75) is 0 Å². The lowest BCUT2D eigenvalue weighted by atomic mass is 10.1. The maximum absolute atomic E-state index is 11.9. The van der Waals surface area contributed by atoms with Crippen LogP contribution in [-0.2, 0) is 0 Å². The predicted octanol–water partition coefficient (Wildman–Crippen LogP) is 4.99. The molecule has 1 N–H and O–H groups in total. The second kappa shape index (κ2) is 7.76. The fourth-order valence-corrected chi connectivity index (χ4v) is 2.94. The number of pyridine rings is 1. The van der Waals surface area contributed by atoms with Crippen LogP contribution < -0.4 is 11.0 Å². The summed E-state index contributed by atoms with van der Waals surface area (Å²) in [5.74, 6) is 0.606. The summed E-state index contributed by atoms with van der Waals surface area (Å²) in [6, 6.07) is 29.5. The Bertz CT molecular complexity index is 1350. The number of rotatable bonds is 1. The van der Waals surface area contributed by atoms with Crippen molar-refractivity contribution in [2.75, 3.05) is 0 Å². The van der Waals surface area contributed by atoms with E-state index in [-0.39, 0.29) is 11.0 Å². The van der Waals surface area contributed by atoms with Crippen LogP contribution in [-0.4, -0.2) is 4.98 Å². The molecule has 4 nitrogen and oxygen atoms in total. The number of aromatic amines is 1. The van der Waals surface area contributed by atoms with Crippen molar-refractivity contribution in [1.29, 1.82) is 0 Å². The minimum atomic E-state index is -0.0521. The van der Waals surface area contributed by atoms with Gasteiger partial charge in [0.2, 0.25) is 5.56 Å². The first-order valence-corrected chi connectivity index (χ1v) is 8.87. The molecule has 0 saturated heterocycles. The molecule has 136 valence electrons. The minimum absolute atomic E-state index is 0.00861. The Morgan fingerprint density at radius 3 is 2.25 bits per heavy atom. The summed E-state index contributed by atoms with van der Waals surface area (Å²) >= 11 is 0. The first-order chi connectivity index (χ1) is 13.7. The van der Waals surface area contributed by atoms with E-state index in [0.717, 1.165) is 16.5 Å². The molecule has 0 saturated carbocycles. The normalized spacial score (nSPS) is 10.4. The molecule has 2 heterocycles. The van der Waals surface area contributed by atoms with Crippen LogP contribution in [0.25, 0.3) is 33.2 Å². The molecule has 0 aliphatic carbocycles. The van der Waals surface area contributed by atoms with Gasteiger partial charge in [-0.3, -0.25) is 9.59 Å². The summed E-state index contributed by atoms with van der Waals surface area (Å²) in [4.78, 5) is 25.5. The summed E-state index contributed by atoms with van der Waals surface area (Å²) in [6.45, 7) is 0. The van der Waals surface area contributed by atoms with Gasteiger partial charge in [-0.15, -0.1) is 0 Å². The van der Waals surface area contributed by atoms with Gasteiger partial charge in [0.05, 0.1) is 5.39 Å². The van der Waals surface area contributed by atoms with Crippen molar-refractivity contribution in [3.8, 4) is 11.3 Å². The second-order valence-electron chi connectivity index (χ2n) is 6.25. The monoisotopic (exact) mass is 367 g/mol. The third-order valence-electron chi connectivity index (χ3n) is 4.33. The summed E-state index contributed by atoms with van der Waals surface area (Å²) in [6.07, 6.45) is 0. The third-order valence-corrected chi connectivity index (χ3v) is 4.33. The average Bonchev–Trinajstić information content (AvgIpc) is 2.75. The largest absolute Gasteiger partial charge is 0.456 e. The van der Waals surface area contributed by atoms with E-state index in [1.807, 2.05) is 78.9 Å². The molecule has 0 spiro atoms. The van der Waals surface area contributed by atoms with Gasteiger partial charge in [0.1, 0.15) is 11.3 Å². The number of hydrogen-bond acceptors (Lipinski definition) is 3. The van der Waals surface area contributed by atoms with Crippen molar-refractivity contribution in [1.82, 2.24) is 4.98 Å². The molecule has 2 aromatic heterocycles. The highest BCUT2D eigenvalue weighted by Gasteiger charge is 2.05. The number of fused-ring (bicyclic) bond motifs is 2. The lowest BCUT2D eigenvalue weighted by Gasteiger charge is -2.02. The topological polar surface area (TPSA) is 63.1 Å². The zero-order valence-electron chi connectivity index (χ0n) is 15.0. The number of nitrogens with one attached hydrogen (secondary N) is 1. The molecule has 28 heavy (non-hydrogen) atoms. The molecule has 4 heteroatoms. The van der Waals surface area contributed by atoms with Gasteiger partial charge in [-0.2, -0.15) is 0 Å². The molecule has 0 unspecified atom stereocenters. The molecule has 5 rings (SSSR count). The zero-order valence-corrected chi connectivity index (χ0v) is 15.0. The Hall–Kier alpha value is -3.92. The number of aromatic nitrogens is 1. The number of hydrogen-bond donors (Lipinski definition) is 1. The molecule has 0 fully saturated rings. The van der Waals surface area contributed by atoms with Crippen LogP contribution in [0.4, 0.5) is 0 Å². The lowest BCUT2D eigenvalue weighted by molar-refractivity contribution is 0.619. The second-order valence-corrected chi connectivity index (χ2v) is 6.25. The van der Waals surface area contributed by atoms with Crippen molar-refractivity contribution < 1.29 is 4.42 Å². The van der Waals surface area contributed by atoms with E-state index in [0.29, 0.717) is 16.7 Å². The van der Waals surface area contributed by atoms with Gasteiger partial charge < -0.3 is 9.40 Å². The minimum Gasteiger partial charge on any atom is -0.456 e. The highest BCUT2D eigenvalue weighted by molar-refractivity contribution is 5.78. The van der Waals surface area contributed by atoms with Crippen LogP contribution in [0.15, 0.2) is 111 Å². The Morgan fingerprint density at radius 1 is 0.679 bits per heavy atom. The average molecular weight is 367 g/mol. The van der Waals surface area contributed by atoms with Crippen molar-refractivity contribution in [3.05, 3.63) is 118 Å². The van der Waals surface area contributed by atoms with E-state index in [9.17, 15) is 9.59 Å². The molecule has 0 atom stereocenters. The molecule has 5 aromatic rings. The molecular formula is C24H17NO3. The summed E-state index contributed by atoms with van der Waals surface area (Å²) in [5.41, 5.74) is 2.36. The van der Waals surface area contributed by atoms with Gasteiger partial charge in [0, 0.05) is 23.2 Å². The van der Waals surface area contributed by atoms with Crippen molar-refractivity contribution in [3.63, 3.8) is 0 Å². The molecule has 0 aliphatic heterocycles. The SMILES string of the molecule is O=c1cc(-c2ccccc2)oc2ccccc12.O=c1ccc2ccccc2[nH]1. The quantitative estimate of drug-likeness (QED) is 0.454. The Balaban J connectivity index is 0.000000151. The van der Waals surface area contributed by atoms with Gasteiger partial charge in [0.15, 0.2) is 5.43 Å². The highest BCUT2D eigenvalue weighted by Crippen LogP contribution is 2.21. The Kier molecular flexibility index (Phi) is 4.85. The summed E-state index contributed by atoms with van der Waals surface area (Å²) in [7, 11) is 0. The maximum Gasteiger partial charge on any atom is 0.248 e. The van der Waals surface area contributed by atoms with Crippen LogP contribution in [0.1, 0.15) is 0 Å². The fraction of sp³-hybridized carbons (Fsp3) is 0. The fourth-order valence-electron chi connectivity index (χ4n) is 2.94. The highest BCUT2D eigenvalue weighted by atomic mass is 16.3. The molecule has 0 amide bonds. The van der Waals surface area contributed by atoms with Crippen molar-refractivity contribution >= 4 is 21.9 Å². The van der Waals surface area contributed by atoms with E-state index >= 15 is 0 Å². The van der Waals surface area contributed by atoms with Gasteiger partial charge in [-0.05, 0) is 29.7 Å². The molecule has 0 aliphatic rings. The molecule has 3 aromatic carbocycles. The Labute approximate surface area is 160 Å². The lowest BCUT2D eigenvalue weighted by Crippen LogP contribution is -2.01. The van der Waals surface area contributed by atoms with Crippen LogP contribution in [0, 0.1) is 0 Å². The summed E-state index contributed by atoms with van der Waals surface area (Å²) < 4.78 is 5.73. The van der Waals surface area contributed by atoms with E-state index in [2.05, 4.69) is 4.98 Å². The van der Waals surface area contributed by atoms with Gasteiger partial charge >= 0.3 is 0 Å².